The van der Waals surface area contributed by atoms with Gasteiger partial charge in [0.05, 0.1) is 6.42 Å². The van der Waals surface area contributed by atoms with E-state index in [0.29, 0.717) is 19.6 Å². The summed E-state index contributed by atoms with van der Waals surface area (Å²) in [5.41, 5.74) is 9.04. The molecule has 0 radical (unpaired) electrons. The van der Waals surface area contributed by atoms with Crippen LogP contribution in [-0.2, 0) is 4.79 Å². The average Bonchev–Trinajstić information content (AvgIpc) is 2.28. The molecule has 1 aromatic rings. The lowest BCUT2D eigenvalue weighted by Crippen LogP contribution is -2.31. The molecule has 0 saturated carbocycles. The SMILES string of the molecule is Cc1ccc(N(CCN)CCC(=O)O)cc1C. The van der Waals surface area contributed by atoms with E-state index in [-0.39, 0.29) is 6.42 Å². The third-order valence-electron chi connectivity index (χ3n) is 2.85. The van der Waals surface area contributed by atoms with Crippen LogP contribution in [0.1, 0.15) is 17.5 Å². The highest BCUT2D eigenvalue weighted by molar-refractivity contribution is 5.67. The first-order chi connectivity index (χ1) is 8.04. The first-order valence-corrected chi connectivity index (χ1v) is 5.78. The molecular weight excluding hydrogens is 216 g/mol. The number of rotatable bonds is 6. The molecule has 0 aliphatic heterocycles. The summed E-state index contributed by atoms with van der Waals surface area (Å²) in [5, 5.41) is 8.72. The van der Waals surface area contributed by atoms with Crippen molar-refractivity contribution in [2.45, 2.75) is 20.3 Å². The topological polar surface area (TPSA) is 66.6 Å². The zero-order valence-corrected chi connectivity index (χ0v) is 10.4. The Kier molecular flexibility index (Phi) is 4.97. The number of carbonyl (C=O) groups is 1. The quantitative estimate of drug-likeness (QED) is 0.786. The van der Waals surface area contributed by atoms with Crippen molar-refractivity contribution in [3.63, 3.8) is 0 Å². The van der Waals surface area contributed by atoms with Crippen LogP contribution in [0.4, 0.5) is 5.69 Å². The Morgan fingerprint density at radius 1 is 1.29 bits per heavy atom. The van der Waals surface area contributed by atoms with E-state index in [4.69, 9.17) is 10.8 Å². The van der Waals surface area contributed by atoms with E-state index < -0.39 is 5.97 Å². The normalized spacial score (nSPS) is 10.3. The van der Waals surface area contributed by atoms with Crippen LogP contribution in [0.2, 0.25) is 0 Å². The largest absolute Gasteiger partial charge is 0.481 e. The highest BCUT2D eigenvalue weighted by Crippen LogP contribution is 2.18. The van der Waals surface area contributed by atoms with Gasteiger partial charge >= 0.3 is 5.97 Å². The molecule has 17 heavy (non-hydrogen) atoms. The molecule has 0 aliphatic rings. The van der Waals surface area contributed by atoms with Crippen LogP contribution in [0.5, 0.6) is 0 Å². The minimum absolute atomic E-state index is 0.132. The zero-order chi connectivity index (χ0) is 12.8. The van der Waals surface area contributed by atoms with Gasteiger partial charge in [-0.25, -0.2) is 0 Å². The van der Waals surface area contributed by atoms with Crippen LogP contribution in [0.25, 0.3) is 0 Å². The molecule has 4 nitrogen and oxygen atoms in total. The van der Waals surface area contributed by atoms with Crippen LogP contribution in [0.15, 0.2) is 18.2 Å². The molecule has 0 bridgehead atoms. The van der Waals surface area contributed by atoms with Gasteiger partial charge < -0.3 is 15.7 Å². The fraction of sp³-hybridized carbons (Fsp3) is 0.462. The molecule has 1 aromatic carbocycles. The molecule has 1 rings (SSSR count). The van der Waals surface area contributed by atoms with Crippen molar-refractivity contribution in [1.29, 1.82) is 0 Å². The van der Waals surface area contributed by atoms with Crippen molar-refractivity contribution >= 4 is 11.7 Å². The summed E-state index contributed by atoms with van der Waals surface area (Å²) in [6, 6.07) is 6.14. The number of aryl methyl sites for hydroxylation is 2. The molecule has 0 aromatic heterocycles. The van der Waals surface area contributed by atoms with Gasteiger partial charge in [0.1, 0.15) is 0 Å². The van der Waals surface area contributed by atoms with Crippen LogP contribution in [-0.4, -0.2) is 30.7 Å². The lowest BCUT2D eigenvalue weighted by molar-refractivity contribution is -0.136. The third kappa shape index (κ3) is 4.07. The van der Waals surface area contributed by atoms with E-state index in [2.05, 4.69) is 26.0 Å². The van der Waals surface area contributed by atoms with E-state index in [1.165, 1.54) is 11.1 Å². The molecule has 94 valence electrons. The van der Waals surface area contributed by atoms with Crippen molar-refractivity contribution < 1.29 is 9.90 Å². The average molecular weight is 236 g/mol. The van der Waals surface area contributed by atoms with Crippen molar-refractivity contribution in [3.05, 3.63) is 29.3 Å². The van der Waals surface area contributed by atoms with Crippen molar-refractivity contribution in [2.24, 2.45) is 5.73 Å². The van der Waals surface area contributed by atoms with E-state index in [9.17, 15) is 4.79 Å². The molecular formula is C13H20N2O2. The summed E-state index contributed by atoms with van der Waals surface area (Å²) in [6.45, 7) is 5.80. The third-order valence-corrected chi connectivity index (χ3v) is 2.85. The maximum atomic E-state index is 10.6. The van der Waals surface area contributed by atoms with Gasteiger partial charge in [-0.2, -0.15) is 0 Å². The number of carboxylic acids is 1. The van der Waals surface area contributed by atoms with Crippen LogP contribution < -0.4 is 10.6 Å². The molecule has 0 aliphatic carbocycles. The Balaban J connectivity index is 2.81. The first-order valence-electron chi connectivity index (χ1n) is 5.78. The van der Waals surface area contributed by atoms with Crippen molar-refractivity contribution in [2.75, 3.05) is 24.5 Å². The second-order valence-corrected chi connectivity index (χ2v) is 4.19. The van der Waals surface area contributed by atoms with Gasteiger partial charge in [0.25, 0.3) is 0 Å². The van der Waals surface area contributed by atoms with Gasteiger partial charge in [0.2, 0.25) is 0 Å². The lowest BCUT2D eigenvalue weighted by Gasteiger charge is -2.24. The smallest absolute Gasteiger partial charge is 0.305 e. The van der Waals surface area contributed by atoms with Gasteiger partial charge in [-0.3, -0.25) is 4.79 Å². The molecule has 0 spiro atoms. The Hall–Kier alpha value is -1.55. The number of aliphatic carboxylic acids is 1. The maximum absolute atomic E-state index is 10.6. The van der Waals surface area contributed by atoms with E-state index in [0.717, 1.165) is 5.69 Å². The van der Waals surface area contributed by atoms with Crippen LogP contribution >= 0.6 is 0 Å². The lowest BCUT2D eigenvalue weighted by atomic mass is 10.1. The zero-order valence-electron chi connectivity index (χ0n) is 10.4. The number of nitrogens with zero attached hydrogens (tertiary/aromatic N) is 1. The number of nitrogens with two attached hydrogens (primary N) is 1. The van der Waals surface area contributed by atoms with Gasteiger partial charge in [0.15, 0.2) is 0 Å². The van der Waals surface area contributed by atoms with Crippen molar-refractivity contribution in [3.8, 4) is 0 Å². The maximum Gasteiger partial charge on any atom is 0.305 e. The first kappa shape index (κ1) is 13.5. The summed E-state index contributed by atoms with van der Waals surface area (Å²) < 4.78 is 0. The van der Waals surface area contributed by atoms with Gasteiger partial charge in [0, 0.05) is 25.3 Å². The Bertz CT molecular complexity index is 391. The standard InChI is InChI=1S/C13H20N2O2/c1-10-3-4-12(9-11(10)2)15(8-6-14)7-5-13(16)17/h3-4,9H,5-8,14H2,1-2H3,(H,16,17). The van der Waals surface area contributed by atoms with Gasteiger partial charge in [-0.1, -0.05) is 6.07 Å². The second-order valence-electron chi connectivity index (χ2n) is 4.19. The Labute approximate surface area is 102 Å². The summed E-state index contributed by atoms with van der Waals surface area (Å²) in [7, 11) is 0. The van der Waals surface area contributed by atoms with Crippen LogP contribution in [0, 0.1) is 13.8 Å². The van der Waals surface area contributed by atoms with E-state index in [1.54, 1.807) is 0 Å². The summed E-state index contributed by atoms with van der Waals surface area (Å²) >= 11 is 0. The fourth-order valence-electron chi connectivity index (χ4n) is 1.68. The van der Waals surface area contributed by atoms with E-state index in [1.807, 2.05) is 11.0 Å². The molecule has 4 heteroatoms. The number of benzene rings is 1. The molecule has 0 fully saturated rings. The minimum atomic E-state index is -0.782. The second kappa shape index (κ2) is 6.25. The molecule has 3 N–H and O–H groups in total. The monoisotopic (exact) mass is 236 g/mol. The molecule has 0 atom stereocenters. The summed E-state index contributed by atoms with van der Waals surface area (Å²) in [5.74, 6) is -0.782. The van der Waals surface area contributed by atoms with Crippen LogP contribution in [0.3, 0.4) is 0 Å². The minimum Gasteiger partial charge on any atom is -0.481 e. The predicted molar refractivity (Wildman–Crippen MR) is 69.4 cm³/mol. The predicted octanol–water partition coefficient (Wildman–Crippen LogP) is 1.54. The van der Waals surface area contributed by atoms with Gasteiger partial charge in [-0.05, 0) is 37.1 Å². The highest BCUT2D eigenvalue weighted by Gasteiger charge is 2.08. The van der Waals surface area contributed by atoms with E-state index >= 15 is 0 Å². The number of hydrogen-bond donors (Lipinski definition) is 2. The number of carboxylic acid groups (broad SMARTS) is 1. The Morgan fingerprint density at radius 3 is 2.53 bits per heavy atom. The molecule has 0 saturated heterocycles. The molecule has 0 heterocycles. The summed E-state index contributed by atoms with van der Waals surface area (Å²) in [4.78, 5) is 12.6. The van der Waals surface area contributed by atoms with Crippen molar-refractivity contribution in [1.82, 2.24) is 0 Å². The highest BCUT2D eigenvalue weighted by atomic mass is 16.4. The number of hydrogen-bond acceptors (Lipinski definition) is 3. The Morgan fingerprint density at radius 2 is 2.00 bits per heavy atom. The molecule has 0 unspecified atom stereocenters. The fourth-order valence-corrected chi connectivity index (χ4v) is 1.68. The van der Waals surface area contributed by atoms with Gasteiger partial charge in [-0.15, -0.1) is 0 Å². The number of anilines is 1. The molecule has 0 amide bonds. The summed E-state index contributed by atoms with van der Waals surface area (Å²) in [6.07, 6.45) is 0.132.